The third-order valence-corrected chi connectivity index (χ3v) is 2.98. The molecule has 2 atom stereocenters. The van der Waals surface area contributed by atoms with Gasteiger partial charge < -0.3 is 9.85 Å². The van der Waals surface area contributed by atoms with Crippen molar-refractivity contribution in [2.45, 2.75) is 12.3 Å². The molecule has 1 saturated heterocycles. The highest BCUT2D eigenvalue weighted by molar-refractivity contribution is 5.23. The summed E-state index contributed by atoms with van der Waals surface area (Å²) in [5.41, 5.74) is 0.340. The first-order chi connectivity index (χ1) is 6.99. The van der Waals surface area contributed by atoms with E-state index in [1.165, 1.54) is 6.07 Å². The van der Waals surface area contributed by atoms with Crippen LogP contribution in [0.1, 0.15) is 17.9 Å². The van der Waals surface area contributed by atoms with Crippen LogP contribution in [-0.4, -0.2) is 24.8 Å². The number of hydrogen-bond donors (Lipinski definition) is 0. The maximum Gasteiger partial charge on any atom is 0.162 e. The van der Waals surface area contributed by atoms with Gasteiger partial charge in [-0.2, -0.15) is 0 Å². The molecule has 2 nitrogen and oxygen atoms in total. The number of hydrogen-bond acceptors (Lipinski definition) is 1. The Morgan fingerprint density at radius 1 is 1.40 bits per heavy atom. The summed E-state index contributed by atoms with van der Waals surface area (Å²) in [5.74, 6) is -1.79. The first-order valence-electron chi connectivity index (χ1n) is 4.99. The Hall–Kier alpha value is -1.00. The summed E-state index contributed by atoms with van der Waals surface area (Å²) in [6, 6.07) is 4.15. The van der Waals surface area contributed by atoms with E-state index in [0.29, 0.717) is 25.1 Å². The van der Waals surface area contributed by atoms with E-state index in [1.807, 2.05) is 0 Å². The van der Waals surface area contributed by atoms with E-state index in [0.717, 1.165) is 6.07 Å². The molecule has 4 heteroatoms. The lowest BCUT2D eigenvalue weighted by atomic mass is 9.98. The lowest BCUT2D eigenvalue weighted by Crippen LogP contribution is -2.34. The number of likely N-dealkylation sites (tertiary alicyclic amines) is 1. The molecule has 0 amide bonds. The smallest absolute Gasteiger partial charge is 0.162 e. The molecule has 0 N–H and O–H groups in total. The zero-order chi connectivity index (χ0) is 11.1. The lowest BCUT2D eigenvalue weighted by molar-refractivity contribution is -0.848. The number of rotatable bonds is 1. The molecule has 1 fully saturated rings. The Balaban J connectivity index is 2.28. The second-order valence-electron chi connectivity index (χ2n) is 4.33. The molecule has 0 spiro atoms. The SMILES string of the molecule is C[N+]1([O-])CCC(c2cccc(F)c2F)C1. The van der Waals surface area contributed by atoms with Gasteiger partial charge in [0.05, 0.1) is 20.1 Å². The van der Waals surface area contributed by atoms with Crippen molar-refractivity contribution < 1.29 is 13.4 Å². The van der Waals surface area contributed by atoms with Crippen molar-refractivity contribution in [3.63, 3.8) is 0 Å². The summed E-state index contributed by atoms with van der Waals surface area (Å²) < 4.78 is 26.0. The zero-order valence-electron chi connectivity index (χ0n) is 8.54. The molecule has 1 aliphatic heterocycles. The summed E-state index contributed by atoms with van der Waals surface area (Å²) in [6.45, 7) is 0.807. The van der Waals surface area contributed by atoms with E-state index in [4.69, 9.17) is 0 Å². The monoisotopic (exact) mass is 213 g/mol. The summed E-state index contributed by atoms with van der Waals surface area (Å²) in [7, 11) is 1.57. The average Bonchev–Trinajstić information content (AvgIpc) is 2.51. The van der Waals surface area contributed by atoms with E-state index in [9.17, 15) is 14.0 Å². The van der Waals surface area contributed by atoms with Gasteiger partial charge in [-0.15, -0.1) is 0 Å². The normalized spacial score (nSPS) is 30.8. The zero-order valence-corrected chi connectivity index (χ0v) is 8.54. The lowest BCUT2D eigenvalue weighted by Gasteiger charge is -2.33. The minimum Gasteiger partial charge on any atom is -0.633 e. The molecule has 1 aromatic carbocycles. The number of quaternary nitrogens is 1. The molecule has 0 aliphatic carbocycles. The van der Waals surface area contributed by atoms with Crippen molar-refractivity contribution in [3.05, 3.63) is 40.6 Å². The van der Waals surface area contributed by atoms with Gasteiger partial charge in [0.25, 0.3) is 0 Å². The fraction of sp³-hybridized carbons (Fsp3) is 0.455. The van der Waals surface area contributed by atoms with Gasteiger partial charge in [0.2, 0.25) is 0 Å². The summed E-state index contributed by atoms with van der Waals surface area (Å²) in [5, 5.41) is 11.6. The predicted molar refractivity (Wildman–Crippen MR) is 53.0 cm³/mol. The van der Waals surface area contributed by atoms with Crippen molar-refractivity contribution in [2.75, 3.05) is 20.1 Å². The van der Waals surface area contributed by atoms with Crippen molar-refractivity contribution >= 4 is 0 Å². The fourth-order valence-corrected chi connectivity index (χ4v) is 2.17. The van der Waals surface area contributed by atoms with Crippen molar-refractivity contribution in [3.8, 4) is 0 Å². The van der Waals surface area contributed by atoms with Gasteiger partial charge in [-0.25, -0.2) is 8.78 Å². The molecule has 0 radical (unpaired) electrons. The molecule has 1 aliphatic rings. The Labute approximate surface area is 87.3 Å². The number of hydroxylamine groups is 3. The number of nitrogens with zero attached hydrogens (tertiary/aromatic N) is 1. The molecule has 2 unspecified atom stereocenters. The number of benzene rings is 1. The summed E-state index contributed by atoms with van der Waals surface area (Å²) >= 11 is 0. The van der Waals surface area contributed by atoms with Gasteiger partial charge in [0, 0.05) is 12.3 Å². The van der Waals surface area contributed by atoms with E-state index in [2.05, 4.69) is 0 Å². The van der Waals surface area contributed by atoms with Crippen LogP contribution >= 0.6 is 0 Å². The third kappa shape index (κ3) is 2.01. The molecular formula is C11H13F2NO. The highest BCUT2D eigenvalue weighted by Crippen LogP contribution is 2.32. The predicted octanol–water partition coefficient (Wildman–Crippen LogP) is 2.40. The largest absolute Gasteiger partial charge is 0.633 e. The molecule has 0 aromatic heterocycles. The molecule has 1 aromatic rings. The quantitative estimate of drug-likeness (QED) is 0.519. The van der Waals surface area contributed by atoms with Crippen molar-refractivity contribution in [1.29, 1.82) is 0 Å². The van der Waals surface area contributed by atoms with Gasteiger partial charge in [-0.1, -0.05) is 12.1 Å². The van der Waals surface area contributed by atoms with E-state index in [-0.39, 0.29) is 10.6 Å². The molecule has 0 saturated carbocycles. The molecular weight excluding hydrogens is 200 g/mol. The van der Waals surface area contributed by atoms with Crippen LogP contribution in [0.2, 0.25) is 0 Å². The van der Waals surface area contributed by atoms with E-state index in [1.54, 1.807) is 13.1 Å². The second kappa shape index (κ2) is 3.54. The minimum absolute atomic E-state index is 0.150. The van der Waals surface area contributed by atoms with Crippen molar-refractivity contribution in [2.24, 2.45) is 0 Å². The molecule has 1 heterocycles. The van der Waals surface area contributed by atoms with Crippen LogP contribution < -0.4 is 0 Å². The molecule has 0 bridgehead atoms. The minimum atomic E-state index is -0.834. The van der Waals surface area contributed by atoms with Gasteiger partial charge in [-0.05, 0) is 11.6 Å². The number of halogens is 2. The fourth-order valence-electron chi connectivity index (χ4n) is 2.17. The van der Waals surface area contributed by atoms with Crippen LogP contribution in [0.5, 0.6) is 0 Å². The van der Waals surface area contributed by atoms with E-state index >= 15 is 0 Å². The number of likely N-dealkylation sites (N-methyl/N-ethyl adjacent to an activating group) is 1. The molecule has 82 valence electrons. The van der Waals surface area contributed by atoms with E-state index < -0.39 is 11.6 Å². The molecule has 2 rings (SSSR count). The molecule has 15 heavy (non-hydrogen) atoms. The Morgan fingerprint density at radius 3 is 2.73 bits per heavy atom. The summed E-state index contributed by atoms with van der Waals surface area (Å²) in [6.07, 6.45) is 0.625. The highest BCUT2D eigenvalue weighted by Gasteiger charge is 2.31. The Bertz CT molecular complexity index is 379. The van der Waals surface area contributed by atoms with Crippen LogP contribution in [0, 0.1) is 16.8 Å². The van der Waals surface area contributed by atoms with Crippen LogP contribution in [0.3, 0.4) is 0 Å². The summed E-state index contributed by atoms with van der Waals surface area (Å²) in [4.78, 5) is 0. The van der Waals surface area contributed by atoms with Gasteiger partial charge >= 0.3 is 0 Å². The Morgan fingerprint density at radius 2 is 2.13 bits per heavy atom. The first-order valence-corrected chi connectivity index (χ1v) is 4.99. The Kier molecular flexibility index (Phi) is 2.48. The highest BCUT2D eigenvalue weighted by atomic mass is 19.2. The maximum absolute atomic E-state index is 13.4. The van der Waals surface area contributed by atoms with Gasteiger partial charge in [0.15, 0.2) is 11.6 Å². The van der Waals surface area contributed by atoms with Crippen LogP contribution in [0.4, 0.5) is 8.78 Å². The topological polar surface area (TPSA) is 23.1 Å². The third-order valence-electron chi connectivity index (χ3n) is 2.98. The maximum atomic E-state index is 13.4. The van der Waals surface area contributed by atoms with Crippen LogP contribution in [0.25, 0.3) is 0 Å². The second-order valence-corrected chi connectivity index (χ2v) is 4.33. The van der Waals surface area contributed by atoms with Crippen LogP contribution in [-0.2, 0) is 0 Å². The standard InChI is InChI=1S/C11H13F2NO/c1-14(15)6-5-8(7-14)9-3-2-4-10(12)11(9)13/h2-4,8H,5-7H2,1H3. The van der Waals surface area contributed by atoms with Gasteiger partial charge in [-0.3, -0.25) is 0 Å². The van der Waals surface area contributed by atoms with Gasteiger partial charge in [0.1, 0.15) is 0 Å². The average molecular weight is 213 g/mol. The first kappa shape index (κ1) is 10.5. The van der Waals surface area contributed by atoms with Crippen LogP contribution in [0.15, 0.2) is 18.2 Å². The van der Waals surface area contributed by atoms with Crippen molar-refractivity contribution in [1.82, 2.24) is 0 Å².